The number of rotatable bonds is 4. The first-order valence-electron chi connectivity index (χ1n) is 23.0. The van der Waals surface area contributed by atoms with Gasteiger partial charge >= 0.3 is 0 Å². The van der Waals surface area contributed by atoms with Crippen molar-refractivity contribution in [3.63, 3.8) is 0 Å². The molecular weight excluding hydrogens is 849 g/mol. The Morgan fingerprint density at radius 3 is 1.87 bits per heavy atom. The maximum absolute atomic E-state index is 2.53. The number of nitrogens with zero attached hydrogens (tertiary/aromatic N) is 2. The number of hydrogen-bond donors (Lipinski definition) is 0. The van der Waals surface area contributed by atoms with Gasteiger partial charge in [0, 0.05) is 63.2 Å². The van der Waals surface area contributed by atoms with Gasteiger partial charge in [-0.25, -0.2) is 0 Å². The third kappa shape index (κ3) is 5.17. The summed E-state index contributed by atoms with van der Waals surface area (Å²) in [6, 6.07) is 86.6. The monoisotopic (exact) mass is 886 g/mol. The van der Waals surface area contributed by atoms with Crippen molar-refractivity contribution >= 4 is 104 Å². The van der Waals surface area contributed by atoms with E-state index >= 15 is 0 Å². The molecular formula is C63H38N2S2. The summed E-state index contributed by atoms with van der Waals surface area (Å²) >= 11 is 3.76. The van der Waals surface area contributed by atoms with E-state index in [0.29, 0.717) is 0 Å². The van der Waals surface area contributed by atoms with Crippen molar-refractivity contribution in [2.75, 3.05) is 4.90 Å². The average Bonchev–Trinajstić information content (AvgIpc) is 3.93. The van der Waals surface area contributed by atoms with Crippen LogP contribution in [0.15, 0.2) is 240 Å². The Bertz CT molecular complexity index is 4170. The van der Waals surface area contributed by atoms with E-state index < -0.39 is 5.41 Å². The van der Waals surface area contributed by atoms with Crippen LogP contribution in [0.5, 0.6) is 0 Å². The van der Waals surface area contributed by atoms with E-state index in [4.69, 9.17) is 0 Å². The number of fused-ring (bicyclic) bond motifs is 15. The highest BCUT2D eigenvalue weighted by atomic mass is 32.2. The van der Waals surface area contributed by atoms with Crippen molar-refractivity contribution in [3.05, 3.63) is 253 Å². The van der Waals surface area contributed by atoms with Crippen molar-refractivity contribution in [3.8, 4) is 16.8 Å². The first-order valence-corrected chi connectivity index (χ1v) is 24.6. The predicted molar refractivity (Wildman–Crippen MR) is 285 cm³/mol. The highest BCUT2D eigenvalue weighted by Crippen LogP contribution is 2.62. The summed E-state index contributed by atoms with van der Waals surface area (Å²) in [5.74, 6) is 0. The zero-order chi connectivity index (χ0) is 43.8. The fraction of sp³-hybridized carbons (Fsp3) is 0.0159. The predicted octanol–water partition coefficient (Wildman–Crippen LogP) is 17.8. The van der Waals surface area contributed by atoms with Crippen LogP contribution in [0, 0.1) is 0 Å². The Morgan fingerprint density at radius 1 is 0.373 bits per heavy atom. The standard InChI is InChI=1S/C63H38N2S2/c1-2-18-44-39(14-1)15-13-26-55(44)64(41-32-35-57-50(36-41)46-19-3-7-25-56(46)65(57)43-31-34-48-47-20-4-8-27-58(47)66-61(48)38-43)42-30-33-45-49-21-11-16-40-17-12-24-53(62(40)49)63(54(45)37-42)51-22-5-9-28-59(51)67-60-29-10-6-23-52(60)63/h1-38H. The number of anilines is 3. The summed E-state index contributed by atoms with van der Waals surface area (Å²) in [6.07, 6.45) is 0. The van der Waals surface area contributed by atoms with Crippen molar-refractivity contribution in [1.82, 2.24) is 4.57 Å². The molecule has 3 heterocycles. The van der Waals surface area contributed by atoms with E-state index in [2.05, 4.69) is 240 Å². The molecule has 0 bridgehead atoms. The van der Waals surface area contributed by atoms with Gasteiger partial charge in [0.15, 0.2) is 0 Å². The van der Waals surface area contributed by atoms with Crippen LogP contribution in [0.2, 0.25) is 0 Å². The highest BCUT2D eigenvalue weighted by Gasteiger charge is 2.48. The molecule has 0 radical (unpaired) electrons. The maximum atomic E-state index is 2.53. The quantitative estimate of drug-likeness (QED) is 0.174. The molecule has 1 spiro atoms. The smallest absolute Gasteiger partial charge is 0.0736 e. The minimum atomic E-state index is -0.561. The fourth-order valence-electron chi connectivity index (χ4n) is 11.9. The lowest BCUT2D eigenvalue weighted by Gasteiger charge is -2.46. The van der Waals surface area contributed by atoms with Gasteiger partial charge in [-0.05, 0) is 122 Å². The van der Waals surface area contributed by atoms with E-state index in [0.717, 1.165) is 17.1 Å². The Labute approximate surface area is 395 Å². The summed E-state index contributed by atoms with van der Waals surface area (Å²) in [5, 5.41) is 10.1. The molecule has 0 atom stereocenters. The van der Waals surface area contributed by atoms with Gasteiger partial charge in [0.1, 0.15) is 0 Å². The number of benzene rings is 11. The molecule has 0 saturated heterocycles. The van der Waals surface area contributed by atoms with Crippen molar-refractivity contribution in [2.45, 2.75) is 15.2 Å². The number of hydrogen-bond acceptors (Lipinski definition) is 3. The molecule has 4 heteroatoms. The third-order valence-corrected chi connectivity index (χ3v) is 16.9. The van der Waals surface area contributed by atoms with Crippen LogP contribution in [0.4, 0.5) is 17.1 Å². The van der Waals surface area contributed by atoms with Gasteiger partial charge in [-0.15, -0.1) is 11.3 Å². The average molecular weight is 887 g/mol. The van der Waals surface area contributed by atoms with Crippen LogP contribution >= 0.6 is 23.1 Å². The molecule has 1 aliphatic heterocycles. The second-order valence-electron chi connectivity index (χ2n) is 17.9. The number of thiophene rings is 1. The minimum Gasteiger partial charge on any atom is -0.310 e. The molecule has 0 unspecified atom stereocenters. The molecule has 2 aromatic heterocycles. The molecule has 15 rings (SSSR count). The van der Waals surface area contributed by atoms with Gasteiger partial charge in [-0.3, -0.25) is 0 Å². The molecule has 1 aliphatic carbocycles. The molecule has 0 N–H and O–H groups in total. The molecule has 2 nitrogen and oxygen atoms in total. The topological polar surface area (TPSA) is 8.17 Å². The first kappa shape index (κ1) is 37.3. The second kappa shape index (κ2) is 14.1. The Morgan fingerprint density at radius 2 is 1.00 bits per heavy atom. The second-order valence-corrected chi connectivity index (χ2v) is 20.1. The van der Waals surface area contributed by atoms with E-state index in [9.17, 15) is 0 Å². The van der Waals surface area contributed by atoms with Crippen LogP contribution < -0.4 is 4.90 Å². The lowest BCUT2D eigenvalue weighted by atomic mass is 9.59. The van der Waals surface area contributed by atoms with Crippen molar-refractivity contribution in [2.24, 2.45) is 0 Å². The molecule has 312 valence electrons. The number of para-hydroxylation sites is 1. The summed E-state index contributed by atoms with van der Waals surface area (Å²) in [4.78, 5) is 5.11. The molecule has 13 aromatic rings. The van der Waals surface area contributed by atoms with Gasteiger partial charge in [0.05, 0.1) is 22.1 Å². The molecule has 11 aromatic carbocycles. The minimum absolute atomic E-state index is 0.561. The van der Waals surface area contributed by atoms with Gasteiger partial charge in [-0.1, -0.05) is 169 Å². The fourth-order valence-corrected chi connectivity index (χ4v) is 14.2. The molecule has 67 heavy (non-hydrogen) atoms. The van der Waals surface area contributed by atoms with E-state index in [1.54, 1.807) is 0 Å². The molecule has 0 fully saturated rings. The summed E-state index contributed by atoms with van der Waals surface area (Å²) < 4.78 is 5.08. The third-order valence-electron chi connectivity index (χ3n) is 14.6. The molecule has 0 amide bonds. The Hall–Kier alpha value is -7.89. The molecule has 2 aliphatic rings. The SMILES string of the molecule is c1ccc2c(c1)Sc1ccccc1C21c2cc(N(c3ccc4c(c3)c3ccccc3n4-c3ccc4c(c3)sc3ccccc34)c3cccc4ccccc34)ccc2-c2cccc3cccc1c23. The van der Waals surface area contributed by atoms with Crippen molar-refractivity contribution in [1.29, 1.82) is 0 Å². The Balaban J connectivity index is 1.01. The largest absolute Gasteiger partial charge is 0.310 e. The summed E-state index contributed by atoms with van der Waals surface area (Å²) in [6.45, 7) is 0. The zero-order valence-corrected chi connectivity index (χ0v) is 37.8. The lowest BCUT2D eigenvalue weighted by molar-refractivity contribution is 0.707. The molecule has 0 saturated carbocycles. The summed E-state index contributed by atoms with van der Waals surface area (Å²) in [5.41, 5.74) is 14.2. The summed E-state index contributed by atoms with van der Waals surface area (Å²) in [7, 11) is 0. The van der Waals surface area contributed by atoms with Gasteiger partial charge < -0.3 is 9.47 Å². The van der Waals surface area contributed by atoms with Gasteiger partial charge in [-0.2, -0.15) is 0 Å². The maximum Gasteiger partial charge on any atom is 0.0736 e. The highest BCUT2D eigenvalue weighted by molar-refractivity contribution is 7.99. The zero-order valence-electron chi connectivity index (χ0n) is 36.2. The van der Waals surface area contributed by atoms with Crippen LogP contribution in [0.3, 0.4) is 0 Å². The van der Waals surface area contributed by atoms with Gasteiger partial charge in [0.25, 0.3) is 0 Å². The van der Waals surface area contributed by atoms with E-state index in [1.807, 2.05) is 23.1 Å². The number of aromatic nitrogens is 1. The normalized spacial score (nSPS) is 13.4. The van der Waals surface area contributed by atoms with Crippen LogP contribution in [-0.4, -0.2) is 4.57 Å². The van der Waals surface area contributed by atoms with Crippen LogP contribution in [-0.2, 0) is 5.41 Å². The van der Waals surface area contributed by atoms with Crippen molar-refractivity contribution < 1.29 is 0 Å². The van der Waals surface area contributed by atoms with Gasteiger partial charge in [0.2, 0.25) is 0 Å². The lowest BCUT2D eigenvalue weighted by Crippen LogP contribution is -2.36. The van der Waals surface area contributed by atoms with Crippen LogP contribution in [0.1, 0.15) is 22.3 Å². The Kier molecular flexibility index (Phi) is 7.84. The van der Waals surface area contributed by atoms with Crippen LogP contribution in [0.25, 0.3) is 80.3 Å². The van der Waals surface area contributed by atoms with E-state index in [-0.39, 0.29) is 0 Å². The first-order chi connectivity index (χ1) is 33.2. The van der Waals surface area contributed by atoms with E-state index in [1.165, 1.54) is 112 Å².